The van der Waals surface area contributed by atoms with Crippen LogP contribution < -0.4 is 4.90 Å². The number of hydrogen-bond acceptors (Lipinski definition) is 2. The molecule has 1 heterocycles. The van der Waals surface area contributed by atoms with Crippen molar-refractivity contribution in [3.8, 4) is 17.2 Å². The molecule has 0 aromatic heterocycles. The highest BCUT2D eigenvalue weighted by Gasteiger charge is 2.19. The molecule has 24 heavy (non-hydrogen) atoms. The number of nitrogens with zero attached hydrogens (tertiary/aromatic N) is 2. The fourth-order valence-corrected chi connectivity index (χ4v) is 3.43. The lowest BCUT2D eigenvalue weighted by Gasteiger charge is -2.20. The van der Waals surface area contributed by atoms with Gasteiger partial charge in [0.15, 0.2) is 0 Å². The van der Waals surface area contributed by atoms with Crippen molar-refractivity contribution in [1.82, 2.24) is 0 Å². The van der Waals surface area contributed by atoms with E-state index in [-0.39, 0.29) is 0 Å². The van der Waals surface area contributed by atoms with Crippen LogP contribution in [0.3, 0.4) is 0 Å². The number of rotatable bonds is 2. The molecule has 2 nitrogen and oxygen atoms in total. The summed E-state index contributed by atoms with van der Waals surface area (Å²) < 4.78 is 0. The Morgan fingerprint density at radius 3 is 2.54 bits per heavy atom. The number of aryl methyl sites for hydroxylation is 1. The van der Waals surface area contributed by atoms with Gasteiger partial charge in [0, 0.05) is 17.9 Å². The minimum absolute atomic E-state index is 0.731. The van der Waals surface area contributed by atoms with Crippen LogP contribution in [0.5, 0.6) is 0 Å². The Hall–Kier alpha value is -3.05. The van der Waals surface area contributed by atoms with Gasteiger partial charge in [-0.25, -0.2) is 0 Å². The van der Waals surface area contributed by atoms with Gasteiger partial charge < -0.3 is 4.90 Å². The zero-order chi connectivity index (χ0) is 16.5. The topological polar surface area (TPSA) is 27.0 Å². The smallest absolute Gasteiger partial charge is 0.0998 e. The van der Waals surface area contributed by atoms with Crippen molar-refractivity contribution in [2.45, 2.75) is 13.3 Å². The summed E-state index contributed by atoms with van der Waals surface area (Å²) in [7, 11) is 0. The van der Waals surface area contributed by atoms with E-state index >= 15 is 0 Å². The van der Waals surface area contributed by atoms with E-state index in [2.05, 4.69) is 65.6 Å². The monoisotopic (exact) mass is 310 g/mol. The second kappa shape index (κ2) is 5.86. The molecule has 0 bridgehead atoms. The van der Waals surface area contributed by atoms with Crippen molar-refractivity contribution < 1.29 is 0 Å². The van der Waals surface area contributed by atoms with E-state index in [0.29, 0.717) is 0 Å². The van der Waals surface area contributed by atoms with Gasteiger partial charge in [0.25, 0.3) is 0 Å². The van der Waals surface area contributed by atoms with Crippen molar-refractivity contribution in [2.24, 2.45) is 0 Å². The van der Waals surface area contributed by atoms with Crippen LogP contribution in [0.25, 0.3) is 11.1 Å². The molecule has 1 aliphatic heterocycles. The lowest BCUT2D eigenvalue weighted by atomic mass is 9.98. The minimum Gasteiger partial charge on any atom is -0.341 e. The lowest BCUT2D eigenvalue weighted by molar-refractivity contribution is 0.998. The SMILES string of the molecule is Cc1ccc(-c2ccc(N3CCc4ccccc43)cc2)c(C#N)c1. The maximum absolute atomic E-state index is 9.38. The Morgan fingerprint density at radius 1 is 0.958 bits per heavy atom. The van der Waals surface area contributed by atoms with Crippen LogP contribution in [0.2, 0.25) is 0 Å². The maximum atomic E-state index is 9.38. The molecule has 0 fully saturated rings. The van der Waals surface area contributed by atoms with Crippen LogP contribution in [0.4, 0.5) is 11.4 Å². The zero-order valence-electron chi connectivity index (χ0n) is 13.7. The number of para-hydroxylation sites is 1. The summed E-state index contributed by atoms with van der Waals surface area (Å²) >= 11 is 0. The molecule has 0 aliphatic carbocycles. The van der Waals surface area contributed by atoms with Gasteiger partial charge in [-0.15, -0.1) is 0 Å². The van der Waals surface area contributed by atoms with Gasteiger partial charge in [0.05, 0.1) is 11.6 Å². The molecule has 3 aromatic carbocycles. The molecule has 4 rings (SSSR count). The largest absolute Gasteiger partial charge is 0.341 e. The normalized spacial score (nSPS) is 12.8. The first kappa shape index (κ1) is 14.5. The Bertz CT molecular complexity index is 933. The van der Waals surface area contributed by atoms with Gasteiger partial charge in [-0.05, 0) is 59.9 Å². The van der Waals surface area contributed by atoms with Gasteiger partial charge in [0.2, 0.25) is 0 Å². The predicted octanol–water partition coefficient (Wildman–Crippen LogP) is 5.23. The maximum Gasteiger partial charge on any atom is 0.0998 e. The first-order chi connectivity index (χ1) is 11.8. The van der Waals surface area contributed by atoms with Gasteiger partial charge in [0.1, 0.15) is 0 Å². The molecule has 0 radical (unpaired) electrons. The Morgan fingerprint density at radius 2 is 1.75 bits per heavy atom. The Labute approximate surface area is 142 Å². The predicted molar refractivity (Wildman–Crippen MR) is 98.5 cm³/mol. The zero-order valence-corrected chi connectivity index (χ0v) is 13.7. The third-order valence-corrected chi connectivity index (χ3v) is 4.67. The summed E-state index contributed by atoms with van der Waals surface area (Å²) in [5.41, 5.74) is 7.84. The number of benzene rings is 3. The van der Waals surface area contributed by atoms with Crippen molar-refractivity contribution in [1.29, 1.82) is 5.26 Å². The molecule has 3 aromatic rings. The average Bonchev–Trinajstić information content (AvgIpc) is 3.06. The van der Waals surface area contributed by atoms with Crippen molar-refractivity contribution in [3.05, 3.63) is 83.4 Å². The number of anilines is 2. The van der Waals surface area contributed by atoms with Gasteiger partial charge in [-0.1, -0.05) is 42.5 Å². The second-order valence-electron chi connectivity index (χ2n) is 6.24. The van der Waals surface area contributed by atoms with E-state index in [1.54, 1.807) is 0 Å². The number of fused-ring (bicyclic) bond motifs is 1. The summed E-state index contributed by atoms with van der Waals surface area (Å²) in [5, 5.41) is 9.38. The lowest BCUT2D eigenvalue weighted by Crippen LogP contribution is -2.12. The van der Waals surface area contributed by atoms with Gasteiger partial charge in [-0.2, -0.15) is 5.26 Å². The number of nitriles is 1. The van der Waals surface area contributed by atoms with Crippen LogP contribution in [0.15, 0.2) is 66.7 Å². The second-order valence-corrected chi connectivity index (χ2v) is 6.24. The fraction of sp³-hybridized carbons (Fsp3) is 0.136. The molecule has 116 valence electrons. The van der Waals surface area contributed by atoms with Crippen molar-refractivity contribution in [3.63, 3.8) is 0 Å². The molecule has 0 spiro atoms. The quantitative estimate of drug-likeness (QED) is 0.648. The minimum atomic E-state index is 0.731. The third-order valence-electron chi connectivity index (χ3n) is 4.67. The molecule has 0 saturated carbocycles. The molecule has 1 aliphatic rings. The first-order valence-electron chi connectivity index (χ1n) is 8.23. The summed E-state index contributed by atoms with van der Waals surface area (Å²) in [4.78, 5) is 2.36. The van der Waals surface area contributed by atoms with E-state index in [0.717, 1.165) is 35.2 Å². The Kier molecular flexibility index (Phi) is 3.55. The highest BCUT2D eigenvalue weighted by Crippen LogP contribution is 2.35. The molecule has 0 unspecified atom stereocenters. The Balaban J connectivity index is 1.69. The molecular weight excluding hydrogens is 292 g/mol. The first-order valence-corrected chi connectivity index (χ1v) is 8.23. The van der Waals surface area contributed by atoms with Gasteiger partial charge >= 0.3 is 0 Å². The van der Waals surface area contributed by atoms with Crippen LogP contribution in [0.1, 0.15) is 16.7 Å². The van der Waals surface area contributed by atoms with Crippen LogP contribution in [-0.2, 0) is 6.42 Å². The molecule has 0 N–H and O–H groups in total. The van der Waals surface area contributed by atoms with Crippen molar-refractivity contribution >= 4 is 11.4 Å². The van der Waals surface area contributed by atoms with E-state index < -0.39 is 0 Å². The van der Waals surface area contributed by atoms with Gasteiger partial charge in [-0.3, -0.25) is 0 Å². The average molecular weight is 310 g/mol. The highest BCUT2D eigenvalue weighted by molar-refractivity contribution is 5.75. The highest BCUT2D eigenvalue weighted by atomic mass is 15.2. The van der Waals surface area contributed by atoms with Crippen LogP contribution in [0, 0.1) is 18.3 Å². The third kappa shape index (κ3) is 2.45. The summed E-state index contributed by atoms with van der Waals surface area (Å²) in [6, 6.07) is 25.5. The van der Waals surface area contributed by atoms with Crippen LogP contribution in [-0.4, -0.2) is 6.54 Å². The van der Waals surface area contributed by atoms with E-state index in [1.807, 2.05) is 19.1 Å². The molecule has 0 saturated heterocycles. The molecule has 0 amide bonds. The van der Waals surface area contributed by atoms with Crippen molar-refractivity contribution in [2.75, 3.05) is 11.4 Å². The summed E-state index contributed by atoms with van der Waals surface area (Å²) in [5.74, 6) is 0. The standard InChI is InChI=1S/C22H18N2/c1-16-6-11-21(19(14-16)15-23)17-7-9-20(10-8-17)24-13-12-18-4-2-3-5-22(18)24/h2-11,14H,12-13H2,1H3. The van der Waals surface area contributed by atoms with E-state index in [1.165, 1.54) is 16.9 Å². The fourth-order valence-electron chi connectivity index (χ4n) is 3.43. The summed E-state index contributed by atoms with van der Waals surface area (Å²) in [6.45, 7) is 3.03. The molecular formula is C22H18N2. The van der Waals surface area contributed by atoms with E-state index in [9.17, 15) is 5.26 Å². The molecule has 2 heteroatoms. The van der Waals surface area contributed by atoms with E-state index in [4.69, 9.17) is 0 Å². The summed E-state index contributed by atoms with van der Waals surface area (Å²) in [6.07, 6.45) is 1.09. The van der Waals surface area contributed by atoms with Crippen LogP contribution >= 0.6 is 0 Å². The molecule has 0 atom stereocenters. The number of hydrogen-bond donors (Lipinski definition) is 0.